The van der Waals surface area contributed by atoms with Crippen LogP contribution in [0.2, 0.25) is 0 Å². The quantitative estimate of drug-likeness (QED) is 0.860. The van der Waals surface area contributed by atoms with Gasteiger partial charge in [-0.3, -0.25) is 9.59 Å². The standard InChI is InChI=1S/C17H14N2O5S/c1-24-11-5-2-4-10(8-11)19-13-9-14(20)12-6-3-7-15(25(18,22)23)16(12)17(13)21/h2-9,19H,1H3,(H2,18,22,23). The molecule has 0 fully saturated rings. The van der Waals surface area contributed by atoms with Crippen LogP contribution in [-0.2, 0) is 10.0 Å². The Labute approximate surface area is 144 Å². The SMILES string of the molecule is COc1cccc(NC2=CC(=O)c3cccc(S(N)(=O)=O)c3C2=O)c1. The molecule has 1 aliphatic carbocycles. The predicted molar refractivity (Wildman–Crippen MR) is 91.2 cm³/mol. The minimum Gasteiger partial charge on any atom is -0.497 e. The number of anilines is 1. The maximum atomic E-state index is 12.8. The fourth-order valence-electron chi connectivity index (χ4n) is 2.57. The molecule has 0 spiro atoms. The number of carbonyl (C=O) groups excluding carboxylic acids is 2. The predicted octanol–water partition coefficient (Wildman–Crippen LogP) is 1.72. The Morgan fingerprint density at radius 3 is 2.48 bits per heavy atom. The molecule has 0 saturated heterocycles. The zero-order chi connectivity index (χ0) is 18.2. The summed E-state index contributed by atoms with van der Waals surface area (Å²) in [5, 5.41) is 8.01. The number of Topliss-reactive ketones (excluding diaryl/α,β-unsaturated/α-hetero) is 1. The summed E-state index contributed by atoms with van der Waals surface area (Å²) in [4.78, 5) is 24.7. The molecular weight excluding hydrogens is 344 g/mol. The van der Waals surface area contributed by atoms with Crippen LogP contribution < -0.4 is 15.2 Å². The Bertz CT molecular complexity index is 1030. The molecule has 3 N–H and O–H groups in total. The Kier molecular flexibility index (Phi) is 4.15. The molecule has 0 aromatic heterocycles. The zero-order valence-electron chi connectivity index (χ0n) is 13.1. The fourth-order valence-corrected chi connectivity index (χ4v) is 3.32. The van der Waals surface area contributed by atoms with E-state index < -0.39 is 21.6 Å². The van der Waals surface area contributed by atoms with E-state index in [1.54, 1.807) is 24.3 Å². The van der Waals surface area contributed by atoms with Crippen molar-refractivity contribution in [2.75, 3.05) is 12.4 Å². The Balaban J connectivity index is 2.06. The van der Waals surface area contributed by atoms with Gasteiger partial charge in [0.2, 0.25) is 15.8 Å². The van der Waals surface area contributed by atoms with Gasteiger partial charge < -0.3 is 10.1 Å². The van der Waals surface area contributed by atoms with Crippen LogP contribution in [-0.4, -0.2) is 27.1 Å². The van der Waals surface area contributed by atoms with Crippen LogP contribution in [0.3, 0.4) is 0 Å². The maximum absolute atomic E-state index is 12.8. The van der Waals surface area contributed by atoms with Crippen molar-refractivity contribution < 1.29 is 22.7 Å². The lowest BCUT2D eigenvalue weighted by Gasteiger charge is -2.18. The highest BCUT2D eigenvalue weighted by molar-refractivity contribution is 7.89. The van der Waals surface area contributed by atoms with Crippen molar-refractivity contribution in [1.29, 1.82) is 0 Å². The van der Waals surface area contributed by atoms with E-state index in [0.29, 0.717) is 11.4 Å². The molecule has 0 amide bonds. The van der Waals surface area contributed by atoms with Crippen LogP contribution in [0.15, 0.2) is 59.1 Å². The number of rotatable bonds is 4. The summed E-state index contributed by atoms with van der Waals surface area (Å²) >= 11 is 0. The molecule has 3 rings (SSSR count). The Morgan fingerprint density at radius 2 is 1.80 bits per heavy atom. The third kappa shape index (κ3) is 3.17. The first kappa shape index (κ1) is 16.9. The van der Waals surface area contributed by atoms with Crippen LogP contribution in [0.4, 0.5) is 5.69 Å². The highest BCUT2D eigenvalue weighted by Gasteiger charge is 2.31. The molecule has 0 atom stereocenters. The van der Waals surface area contributed by atoms with E-state index in [1.807, 2.05) is 0 Å². The number of carbonyl (C=O) groups is 2. The lowest BCUT2D eigenvalue weighted by Crippen LogP contribution is -2.26. The van der Waals surface area contributed by atoms with Crippen molar-refractivity contribution >= 4 is 27.3 Å². The monoisotopic (exact) mass is 358 g/mol. The fraction of sp³-hybridized carbons (Fsp3) is 0.0588. The highest BCUT2D eigenvalue weighted by Crippen LogP contribution is 2.28. The summed E-state index contributed by atoms with van der Waals surface area (Å²) in [6, 6.07) is 10.7. The molecule has 1 aliphatic rings. The summed E-state index contributed by atoms with van der Waals surface area (Å²) in [5.74, 6) is -0.543. The van der Waals surface area contributed by atoms with Gasteiger partial charge in [-0.25, -0.2) is 13.6 Å². The third-order valence-electron chi connectivity index (χ3n) is 3.69. The van der Waals surface area contributed by atoms with Crippen LogP contribution >= 0.6 is 0 Å². The van der Waals surface area contributed by atoms with Gasteiger partial charge in [0.15, 0.2) is 5.78 Å². The van der Waals surface area contributed by atoms with E-state index >= 15 is 0 Å². The second kappa shape index (κ2) is 6.15. The summed E-state index contributed by atoms with van der Waals surface area (Å²) < 4.78 is 28.6. The first-order valence-corrected chi connectivity index (χ1v) is 8.73. The van der Waals surface area contributed by atoms with Gasteiger partial charge in [0, 0.05) is 23.4 Å². The van der Waals surface area contributed by atoms with E-state index in [1.165, 1.54) is 25.3 Å². The number of benzene rings is 2. The lowest BCUT2D eigenvalue weighted by molar-refractivity contribution is 0.0983. The number of fused-ring (bicyclic) bond motifs is 1. The van der Waals surface area contributed by atoms with Crippen molar-refractivity contribution in [3.63, 3.8) is 0 Å². The summed E-state index contributed by atoms with van der Waals surface area (Å²) in [6.45, 7) is 0. The van der Waals surface area contributed by atoms with Crippen molar-refractivity contribution in [2.24, 2.45) is 5.14 Å². The molecule has 128 valence electrons. The van der Waals surface area contributed by atoms with Crippen LogP contribution in [0.25, 0.3) is 0 Å². The number of ketones is 2. The first-order chi connectivity index (χ1) is 11.8. The highest BCUT2D eigenvalue weighted by atomic mass is 32.2. The van der Waals surface area contributed by atoms with Crippen molar-refractivity contribution in [2.45, 2.75) is 4.90 Å². The van der Waals surface area contributed by atoms with E-state index in [9.17, 15) is 18.0 Å². The van der Waals surface area contributed by atoms with Crippen molar-refractivity contribution in [3.05, 3.63) is 65.4 Å². The molecule has 8 heteroatoms. The lowest BCUT2D eigenvalue weighted by atomic mass is 9.92. The molecular formula is C17H14N2O5S. The average molecular weight is 358 g/mol. The van der Waals surface area contributed by atoms with Gasteiger partial charge in [0.1, 0.15) is 5.75 Å². The number of nitrogens with two attached hydrogens (primary N) is 1. The molecule has 0 aliphatic heterocycles. The van der Waals surface area contributed by atoms with Crippen LogP contribution in [0.1, 0.15) is 20.7 Å². The van der Waals surface area contributed by atoms with Crippen molar-refractivity contribution in [1.82, 2.24) is 0 Å². The van der Waals surface area contributed by atoms with E-state index in [2.05, 4.69) is 5.32 Å². The summed E-state index contributed by atoms with van der Waals surface area (Å²) in [5.41, 5.74) is 0.265. The molecule has 0 heterocycles. The largest absolute Gasteiger partial charge is 0.497 e. The zero-order valence-corrected chi connectivity index (χ0v) is 14.0. The molecule has 25 heavy (non-hydrogen) atoms. The first-order valence-electron chi connectivity index (χ1n) is 7.19. The maximum Gasteiger partial charge on any atom is 0.238 e. The van der Waals surface area contributed by atoms with Gasteiger partial charge >= 0.3 is 0 Å². The summed E-state index contributed by atoms with van der Waals surface area (Å²) in [7, 11) is -2.65. The van der Waals surface area contributed by atoms with E-state index in [0.717, 1.165) is 6.08 Å². The smallest absolute Gasteiger partial charge is 0.238 e. The number of methoxy groups -OCH3 is 1. The molecule has 0 unspecified atom stereocenters. The number of allylic oxidation sites excluding steroid dienone is 2. The number of ether oxygens (including phenoxy) is 1. The van der Waals surface area contributed by atoms with Gasteiger partial charge in [0.25, 0.3) is 0 Å². The van der Waals surface area contributed by atoms with Crippen LogP contribution in [0, 0.1) is 0 Å². The Morgan fingerprint density at radius 1 is 1.08 bits per heavy atom. The van der Waals surface area contributed by atoms with Gasteiger partial charge in [0.05, 0.1) is 23.3 Å². The van der Waals surface area contributed by atoms with Gasteiger partial charge in [-0.05, 0) is 18.2 Å². The number of sulfonamides is 1. The number of primary sulfonamides is 1. The number of nitrogens with one attached hydrogen (secondary N) is 1. The minimum atomic E-state index is -4.16. The minimum absolute atomic E-state index is 0.00715. The van der Waals surface area contributed by atoms with Crippen LogP contribution in [0.5, 0.6) is 5.75 Å². The molecule has 0 saturated carbocycles. The summed E-state index contributed by atoms with van der Waals surface area (Å²) in [6.07, 6.45) is 1.14. The average Bonchev–Trinajstić information content (AvgIpc) is 2.58. The molecule has 0 radical (unpaired) electrons. The molecule has 7 nitrogen and oxygen atoms in total. The van der Waals surface area contributed by atoms with E-state index in [4.69, 9.17) is 9.88 Å². The number of hydrogen-bond acceptors (Lipinski definition) is 6. The van der Waals surface area contributed by atoms with E-state index in [-0.39, 0.29) is 21.7 Å². The normalized spacial score (nSPS) is 13.9. The van der Waals surface area contributed by atoms with Crippen molar-refractivity contribution in [3.8, 4) is 5.75 Å². The van der Waals surface area contributed by atoms with Gasteiger partial charge in [-0.1, -0.05) is 18.2 Å². The third-order valence-corrected chi connectivity index (χ3v) is 4.65. The second-order valence-corrected chi connectivity index (χ2v) is 6.86. The second-order valence-electron chi connectivity index (χ2n) is 5.33. The molecule has 2 aromatic carbocycles. The van der Waals surface area contributed by atoms with Gasteiger partial charge in [-0.15, -0.1) is 0 Å². The van der Waals surface area contributed by atoms with Gasteiger partial charge in [-0.2, -0.15) is 0 Å². The Hall–Kier alpha value is -2.97. The molecule has 0 bridgehead atoms. The number of hydrogen-bond donors (Lipinski definition) is 2. The molecule has 2 aromatic rings. The topological polar surface area (TPSA) is 116 Å².